The molecule has 1 amide bonds. The van der Waals surface area contributed by atoms with Gasteiger partial charge in [0.15, 0.2) is 0 Å². The molecular formula is C8H15NO3. The van der Waals surface area contributed by atoms with Crippen LogP contribution in [-0.4, -0.2) is 23.5 Å². The van der Waals surface area contributed by atoms with Gasteiger partial charge in [0.25, 0.3) is 0 Å². The average Bonchev–Trinajstić information content (AvgIpc) is 1.99. The van der Waals surface area contributed by atoms with E-state index in [2.05, 4.69) is 5.32 Å². The Morgan fingerprint density at radius 3 is 2.33 bits per heavy atom. The van der Waals surface area contributed by atoms with E-state index in [1.807, 2.05) is 6.92 Å². The van der Waals surface area contributed by atoms with E-state index >= 15 is 0 Å². The van der Waals surface area contributed by atoms with Gasteiger partial charge in [0.1, 0.15) is 5.92 Å². The Hall–Kier alpha value is -1.06. The van der Waals surface area contributed by atoms with Crippen molar-refractivity contribution in [3.8, 4) is 0 Å². The fourth-order valence-corrected chi connectivity index (χ4v) is 0.953. The van der Waals surface area contributed by atoms with E-state index in [-0.39, 0.29) is 5.91 Å². The van der Waals surface area contributed by atoms with Crippen molar-refractivity contribution in [3.05, 3.63) is 0 Å². The first-order chi connectivity index (χ1) is 5.63. The first-order valence-corrected chi connectivity index (χ1v) is 4.14. The lowest BCUT2D eigenvalue weighted by Gasteiger charge is -2.09. The number of carboxylic acid groups (broad SMARTS) is 1. The lowest BCUT2D eigenvalue weighted by atomic mass is 10.0. The Labute approximate surface area is 72.0 Å². The van der Waals surface area contributed by atoms with Crippen LogP contribution in [0.4, 0.5) is 0 Å². The van der Waals surface area contributed by atoms with Gasteiger partial charge in [-0.25, -0.2) is 0 Å². The van der Waals surface area contributed by atoms with Crippen molar-refractivity contribution < 1.29 is 14.7 Å². The first kappa shape index (κ1) is 10.9. The Balaban J connectivity index is 4.09. The van der Waals surface area contributed by atoms with E-state index in [1.54, 1.807) is 6.92 Å². The number of nitrogens with one attached hydrogen (secondary N) is 1. The molecule has 0 radical (unpaired) electrons. The molecule has 4 heteroatoms. The van der Waals surface area contributed by atoms with Gasteiger partial charge in [0.2, 0.25) is 5.91 Å². The molecule has 0 aromatic rings. The molecule has 0 heterocycles. The van der Waals surface area contributed by atoms with Gasteiger partial charge in [-0.15, -0.1) is 0 Å². The van der Waals surface area contributed by atoms with Gasteiger partial charge in [-0.2, -0.15) is 0 Å². The summed E-state index contributed by atoms with van der Waals surface area (Å²) in [4.78, 5) is 21.6. The lowest BCUT2D eigenvalue weighted by molar-refractivity contribution is -0.147. The van der Waals surface area contributed by atoms with Gasteiger partial charge >= 0.3 is 5.97 Å². The van der Waals surface area contributed by atoms with Crippen LogP contribution in [0, 0.1) is 5.92 Å². The van der Waals surface area contributed by atoms with Crippen molar-refractivity contribution >= 4 is 11.9 Å². The van der Waals surface area contributed by atoms with E-state index in [4.69, 9.17) is 5.11 Å². The van der Waals surface area contributed by atoms with Crippen LogP contribution in [0.1, 0.15) is 26.7 Å². The summed E-state index contributed by atoms with van der Waals surface area (Å²) in [7, 11) is 0. The fourth-order valence-electron chi connectivity index (χ4n) is 0.953. The van der Waals surface area contributed by atoms with Crippen molar-refractivity contribution in [3.63, 3.8) is 0 Å². The predicted octanol–water partition coefficient (Wildman–Crippen LogP) is 0.623. The first-order valence-electron chi connectivity index (χ1n) is 4.14. The second-order valence-electron chi connectivity index (χ2n) is 2.57. The molecule has 0 aromatic carbocycles. The predicted molar refractivity (Wildman–Crippen MR) is 44.7 cm³/mol. The molecular weight excluding hydrogens is 158 g/mol. The van der Waals surface area contributed by atoms with Crippen molar-refractivity contribution in [1.82, 2.24) is 5.32 Å². The van der Waals surface area contributed by atoms with Crippen LogP contribution >= 0.6 is 0 Å². The van der Waals surface area contributed by atoms with Gasteiger partial charge < -0.3 is 10.4 Å². The maximum atomic E-state index is 11.1. The summed E-state index contributed by atoms with van der Waals surface area (Å²) in [5.41, 5.74) is 0. The molecule has 0 bridgehead atoms. The average molecular weight is 173 g/mol. The zero-order valence-electron chi connectivity index (χ0n) is 7.46. The highest BCUT2D eigenvalue weighted by atomic mass is 16.4. The van der Waals surface area contributed by atoms with Crippen molar-refractivity contribution in [2.24, 2.45) is 5.92 Å². The highest BCUT2D eigenvalue weighted by Gasteiger charge is 2.23. The largest absolute Gasteiger partial charge is 0.481 e. The van der Waals surface area contributed by atoms with Crippen LogP contribution < -0.4 is 5.32 Å². The summed E-state index contributed by atoms with van der Waals surface area (Å²) in [6.07, 6.45) is 1.11. The van der Waals surface area contributed by atoms with Gasteiger partial charge in [-0.05, 0) is 13.3 Å². The van der Waals surface area contributed by atoms with Crippen molar-refractivity contribution in [2.75, 3.05) is 6.54 Å². The van der Waals surface area contributed by atoms with E-state index in [0.717, 1.165) is 0 Å². The molecule has 12 heavy (non-hydrogen) atoms. The normalized spacial score (nSPS) is 12.2. The SMILES string of the molecule is CCCC(C(=O)O)C(=O)NCC. The van der Waals surface area contributed by atoms with Crippen LogP contribution in [0.25, 0.3) is 0 Å². The molecule has 4 nitrogen and oxygen atoms in total. The number of hydrogen-bond donors (Lipinski definition) is 2. The van der Waals surface area contributed by atoms with Crippen LogP contribution in [-0.2, 0) is 9.59 Å². The summed E-state index contributed by atoms with van der Waals surface area (Å²) in [5.74, 6) is -2.30. The number of carbonyl (C=O) groups is 2. The second kappa shape index (κ2) is 5.57. The molecule has 0 aliphatic carbocycles. The molecule has 2 N–H and O–H groups in total. The minimum Gasteiger partial charge on any atom is -0.481 e. The number of carboxylic acids is 1. The molecule has 1 atom stereocenters. The maximum absolute atomic E-state index is 11.1. The number of amides is 1. The Kier molecular flexibility index (Phi) is 5.08. The quantitative estimate of drug-likeness (QED) is 0.599. The van der Waals surface area contributed by atoms with Crippen molar-refractivity contribution in [1.29, 1.82) is 0 Å². The second-order valence-corrected chi connectivity index (χ2v) is 2.57. The third kappa shape index (κ3) is 3.37. The highest BCUT2D eigenvalue weighted by molar-refractivity contribution is 5.96. The molecule has 0 saturated heterocycles. The molecule has 0 saturated carbocycles. The molecule has 1 unspecified atom stereocenters. The van der Waals surface area contributed by atoms with Crippen LogP contribution in [0.5, 0.6) is 0 Å². The van der Waals surface area contributed by atoms with Gasteiger partial charge in [-0.1, -0.05) is 13.3 Å². The number of aliphatic carboxylic acids is 1. The van der Waals surface area contributed by atoms with Crippen molar-refractivity contribution in [2.45, 2.75) is 26.7 Å². The highest BCUT2D eigenvalue weighted by Crippen LogP contribution is 2.06. The van der Waals surface area contributed by atoms with Gasteiger partial charge in [0.05, 0.1) is 0 Å². The minimum absolute atomic E-state index is 0.383. The summed E-state index contributed by atoms with van der Waals surface area (Å²) in [6.45, 7) is 4.10. The van der Waals surface area contributed by atoms with Gasteiger partial charge in [-0.3, -0.25) is 9.59 Å². The van der Waals surface area contributed by atoms with Crippen LogP contribution in [0.3, 0.4) is 0 Å². The Morgan fingerprint density at radius 1 is 1.42 bits per heavy atom. The fraction of sp³-hybridized carbons (Fsp3) is 0.750. The summed E-state index contributed by atoms with van der Waals surface area (Å²) in [6, 6.07) is 0. The standard InChI is InChI=1S/C8H15NO3/c1-3-5-6(8(11)12)7(10)9-4-2/h6H,3-5H2,1-2H3,(H,9,10)(H,11,12). The monoisotopic (exact) mass is 173 g/mol. The van der Waals surface area contributed by atoms with E-state index in [9.17, 15) is 9.59 Å². The lowest BCUT2D eigenvalue weighted by Crippen LogP contribution is -2.35. The minimum atomic E-state index is -1.04. The summed E-state index contributed by atoms with van der Waals surface area (Å²) < 4.78 is 0. The van der Waals surface area contributed by atoms with Crippen LogP contribution in [0.15, 0.2) is 0 Å². The van der Waals surface area contributed by atoms with Crippen LogP contribution in [0.2, 0.25) is 0 Å². The molecule has 70 valence electrons. The van der Waals surface area contributed by atoms with E-state index in [0.29, 0.717) is 19.4 Å². The zero-order chi connectivity index (χ0) is 9.56. The molecule has 0 aliphatic heterocycles. The number of hydrogen-bond acceptors (Lipinski definition) is 2. The topological polar surface area (TPSA) is 66.4 Å². The smallest absolute Gasteiger partial charge is 0.316 e. The third-order valence-corrected chi connectivity index (χ3v) is 1.54. The summed E-state index contributed by atoms with van der Waals surface area (Å²) >= 11 is 0. The number of carbonyl (C=O) groups excluding carboxylic acids is 1. The van der Waals surface area contributed by atoms with Gasteiger partial charge in [0, 0.05) is 6.54 Å². The zero-order valence-corrected chi connectivity index (χ0v) is 7.46. The molecule has 0 aromatic heterocycles. The molecule has 0 spiro atoms. The van der Waals surface area contributed by atoms with E-state index < -0.39 is 11.9 Å². The summed E-state index contributed by atoms with van der Waals surface area (Å²) in [5, 5.41) is 11.1. The molecule has 0 fully saturated rings. The Bertz CT molecular complexity index is 168. The van der Waals surface area contributed by atoms with E-state index in [1.165, 1.54) is 0 Å². The molecule has 0 rings (SSSR count). The molecule has 0 aliphatic rings. The maximum Gasteiger partial charge on any atom is 0.316 e. The number of rotatable bonds is 5. The third-order valence-electron chi connectivity index (χ3n) is 1.54. The Morgan fingerprint density at radius 2 is 2.00 bits per heavy atom.